The molecule has 0 atom stereocenters. The van der Waals surface area contributed by atoms with Crippen LogP contribution in [0.15, 0.2) is 10.3 Å². The van der Waals surface area contributed by atoms with E-state index < -0.39 is 21.5 Å². The van der Waals surface area contributed by atoms with Gasteiger partial charge in [-0.1, -0.05) is 13.8 Å². The summed E-state index contributed by atoms with van der Waals surface area (Å²) in [4.78, 5) is 10.7. The lowest BCUT2D eigenvalue weighted by Gasteiger charge is -2.30. The molecule has 1 aromatic rings. The van der Waals surface area contributed by atoms with Crippen molar-refractivity contribution in [2.45, 2.75) is 44.0 Å². The van der Waals surface area contributed by atoms with Gasteiger partial charge in [0.15, 0.2) is 0 Å². The van der Waals surface area contributed by atoms with E-state index in [-0.39, 0.29) is 16.4 Å². The van der Waals surface area contributed by atoms with E-state index in [0.717, 1.165) is 11.3 Å². The molecule has 0 aliphatic heterocycles. The first-order chi connectivity index (χ1) is 9.23. The van der Waals surface area contributed by atoms with E-state index in [2.05, 4.69) is 4.72 Å². The fourth-order valence-corrected chi connectivity index (χ4v) is 5.07. The van der Waals surface area contributed by atoms with Crippen molar-refractivity contribution >= 4 is 27.3 Å². The van der Waals surface area contributed by atoms with Gasteiger partial charge in [0.2, 0.25) is 10.0 Å². The molecule has 8 heteroatoms. The van der Waals surface area contributed by atoms with Crippen LogP contribution in [0.5, 0.6) is 0 Å². The Morgan fingerprint density at radius 2 is 1.95 bits per heavy atom. The van der Waals surface area contributed by atoms with Crippen molar-refractivity contribution in [3.8, 4) is 0 Å². The van der Waals surface area contributed by atoms with Gasteiger partial charge < -0.3 is 10.2 Å². The normalized spacial score (nSPS) is 12.6. The van der Waals surface area contributed by atoms with Crippen molar-refractivity contribution in [2.75, 3.05) is 6.61 Å². The van der Waals surface area contributed by atoms with Gasteiger partial charge in [-0.3, -0.25) is 0 Å². The molecule has 0 bridgehead atoms. The molecular weight excluding hydrogens is 302 g/mol. The molecule has 0 radical (unpaired) electrons. The molecule has 0 saturated heterocycles. The van der Waals surface area contributed by atoms with Gasteiger partial charge in [0.1, 0.15) is 9.77 Å². The molecule has 0 amide bonds. The molecule has 1 aromatic heterocycles. The number of carboxylic acid groups (broad SMARTS) is 1. The lowest BCUT2D eigenvalue weighted by molar-refractivity contribution is 0.0698. The maximum atomic E-state index is 12.5. The van der Waals surface area contributed by atoms with Gasteiger partial charge in [0.05, 0.1) is 12.1 Å². The van der Waals surface area contributed by atoms with Crippen LogP contribution in [0.3, 0.4) is 0 Å². The lowest BCUT2D eigenvalue weighted by atomic mass is 9.96. The van der Waals surface area contributed by atoms with E-state index in [1.807, 2.05) is 0 Å². The van der Waals surface area contributed by atoms with Crippen LogP contribution in [0, 0.1) is 6.92 Å². The highest BCUT2D eigenvalue weighted by Crippen LogP contribution is 2.28. The van der Waals surface area contributed by atoms with E-state index in [0.29, 0.717) is 18.4 Å². The highest BCUT2D eigenvalue weighted by molar-refractivity contribution is 7.89. The zero-order chi connectivity index (χ0) is 15.6. The molecule has 0 aliphatic carbocycles. The van der Waals surface area contributed by atoms with Crippen LogP contribution >= 0.6 is 11.3 Å². The second kappa shape index (κ2) is 6.21. The fourth-order valence-electron chi connectivity index (χ4n) is 1.90. The molecule has 0 spiro atoms. The minimum atomic E-state index is -4.00. The number of hydrogen-bond donors (Lipinski definition) is 3. The SMILES string of the molecule is CCC(CC)(CO)NS(=O)(=O)c1c(C)csc1C(=O)O. The van der Waals surface area contributed by atoms with Gasteiger partial charge in [-0.05, 0) is 30.7 Å². The Bertz CT molecular complexity index is 579. The number of carboxylic acids is 1. The number of aliphatic hydroxyl groups excluding tert-OH is 1. The van der Waals surface area contributed by atoms with Crippen LogP contribution in [0.25, 0.3) is 0 Å². The van der Waals surface area contributed by atoms with Crippen LogP contribution in [0.1, 0.15) is 41.9 Å². The number of aryl methyl sites for hydroxylation is 1. The first-order valence-corrected chi connectivity index (χ1v) is 8.55. The zero-order valence-corrected chi connectivity index (χ0v) is 13.3. The molecule has 20 heavy (non-hydrogen) atoms. The van der Waals surface area contributed by atoms with Gasteiger partial charge >= 0.3 is 5.97 Å². The first kappa shape index (κ1) is 17.1. The number of thiophene rings is 1. The fraction of sp³-hybridized carbons (Fsp3) is 0.583. The van der Waals surface area contributed by atoms with E-state index in [9.17, 15) is 18.3 Å². The molecular formula is C12H19NO5S2. The number of rotatable bonds is 7. The third-order valence-corrected chi connectivity index (χ3v) is 6.37. The molecule has 0 aliphatic rings. The Hall–Kier alpha value is -0.960. The Morgan fingerprint density at radius 1 is 1.40 bits per heavy atom. The summed E-state index contributed by atoms with van der Waals surface area (Å²) in [7, 11) is -4.00. The monoisotopic (exact) mass is 321 g/mol. The van der Waals surface area contributed by atoms with Crippen molar-refractivity contribution in [1.82, 2.24) is 4.72 Å². The van der Waals surface area contributed by atoms with Crippen molar-refractivity contribution < 1.29 is 23.4 Å². The third-order valence-electron chi connectivity index (χ3n) is 3.39. The van der Waals surface area contributed by atoms with E-state index in [1.165, 1.54) is 5.38 Å². The molecule has 114 valence electrons. The van der Waals surface area contributed by atoms with Gasteiger partial charge in [-0.25, -0.2) is 17.9 Å². The van der Waals surface area contributed by atoms with Crippen LogP contribution in [0.2, 0.25) is 0 Å². The van der Waals surface area contributed by atoms with Gasteiger partial charge in [-0.2, -0.15) is 0 Å². The Labute approximate surface area is 122 Å². The molecule has 0 saturated carbocycles. The van der Waals surface area contributed by atoms with Crippen molar-refractivity contribution in [3.63, 3.8) is 0 Å². The summed E-state index contributed by atoms with van der Waals surface area (Å²) in [6.45, 7) is 4.74. The highest BCUT2D eigenvalue weighted by Gasteiger charge is 2.35. The lowest BCUT2D eigenvalue weighted by Crippen LogP contribution is -2.50. The predicted octanol–water partition coefficient (Wildman–Crippen LogP) is 1.58. The van der Waals surface area contributed by atoms with Crippen LogP contribution in [-0.4, -0.2) is 36.7 Å². The summed E-state index contributed by atoms with van der Waals surface area (Å²) in [6, 6.07) is 0. The van der Waals surface area contributed by atoms with E-state index in [4.69, 9.17) is 5.11 Å². The second-order valence-corrected chi connectivity index (χ2v) is 7.13. The minimum absolute atomic E-state index is 0.213. The predicted molar refractivity (Wildman–Crippen MR) is 76.7 cm³/mol. The number of carbonyl (C=O) groups is 1. The van der Waals surface area contributed by atoms with Crippen molar-refractivity contribution in [3.05, 3.63) is 15.8 Å². The summed E-state index contributed by atoms with van der Waals surface area (Å²) in [5, 5.41) is 20.0. The molecule has 0 aromatic carbocycles. The third kappa shape index (κ3) is 3.20. The van der Waals surface area contributed by atoms with Crippen molar-refractivity contribution in [1.29, 1.82) is 0 Å². The smallest absolute Gasteiger partial charge is 0.347 e. The topological polar surface area (TPSA) is 104 Å². The summed E-state index contributed by atoms with van der Waals surface area (Å²) < 4.78 is 27.4. The van der Waals surface area contributed by atoms with Crippen LogP contribution in [-0.2, 0) is 10.0 Å². The Balaban J connectivity index is 3.31. The first-order valence-electron chi connectivity index (χ1n) is 6.19. The maximum Gasteiger partial charge on any atom is 0.347 e. The molecule has 6 nitrogen and oxygen atoms in total. The van der Waals surface area contributed by atoms with E-state index in [1.54, 1.807) is 20.8 Å². The highest BCUT2D eigenvalue weighted by atomic mass is 32.2. The largest absolute Gasteiger partial charge is 0.477 e. The van der Waals surface area contributed by atoms with Crippen LogP contribution in [0.4, 0.5) is 0 Å². The average molecular weight is 321 g/mol. The number of nitrogens with one attached hydrogen (secondary N) is 1. The number of sulfonamides is 1. The quantitative estimate of drug-likeness (QED) is 0.707. The average Bonchev–Trinajstić information content (AvgIpc) is 2.79. The Morgan fingerprint density at radius 3 is 2.35 bits per heavy atom. The number of aromatic carboxylic acids is 1. The van der Waals surface area contributed by atoms with Gasteiger partial charge in [-0.15, -0.1) is 11.3 Å². The summed E-state index contributed by atoms with van der Waals surface area (Å²) >= 11 is 0.879. The number of hydrogen-bond acceptors (Lipinski definition) is 5. The summed E-state index contributed by atoms with van der Waals surface area (Å²) in [6.07, 6.45) is 0.815. The number of aliphatic hydroxyl groups is 1. The second-order valence-electron chi connectivity index (χ2n) is 4.63. The molecule has 0 fully saturated rings. The molecule has 1 heterocycles. The van der Waals surface area contributed by atoms with E-state index >= 15 is 0 Å². The van der Waals surface area contributed by atoms with Crippen LogP contribution < -0.4 is 4.72 Å². The molecule has 3 N–H and O–H groups in total. The van der Waals surface area contributed by atoms with Gasteiger partial charge in [0, 0.05) is 0 Å². The molecule has 0 unspecified atom stereocenters. The minimum Gasteiger partial charge on any atom is -0.477 e. The maximum absolute atomic E-state index is 12.5. The molecule has 1 rings (SSSR count). The summed E-state index contributed by atoms with van der Waals surface area (Å²) in [5.74, 6) is -1.27. The van der Waals surface area contributed by atoms with Crippen molar-refractivity contribution in [2.24, 2.45) is 0 Å². The zero-order valence-electron chi connectivity index (χ0n) is 11.6. The summed E-state index contributed by atoms with van der Waals surface area (Å²) in [5.41, 5.74) is -0.581. The van der Waals surface area contributed by atoms with Gasteiger partial charge in [0.25, 0.3) is 0 Å². The standard InChI is InChI=1S/C12H19NO5S2/c1-4-12(5-2,7-14)13-20(17,18)10-8(3)6-19-9(10)11(15)16/h6,13-14H,4-5,7H2,1-3H3,(H,15,16). The Kier molecular flexibility index (Phi) is 5.31.